The van der Waals surface area contributed by atoms with Crippen molar-refractivity contribution in [1.29, 1.82) is 0 Å². The van der Waals surface area contributed by atoms with Crippen LogP contribution in [0.2, 0.25) is 0 Å². The van der Waals surface area contributed by atoms with Crippen molar-refractivity contribution in [1.82, 2.24) is 0 Å². The molecular weight excluding hydrogens is 436 g/mol. The van der Waals surface area contributed by atoms with Crippen LogP contribution >= 0.6 is 0 Å². The molecule has 1 atom stereocenters. The van der Waals surface area contributed by atoms with Gasteiger partial charge in [-0.05, 0) is 12.8 Å². The van der Waals surface area contributed by atoms with E-state index < -0.39 is 0 Å². The van der Waals surface area contributed by atoms with Gasteiger partial charge in [-0.15, -0.1) is 0 Å². The maximum absolute atomic E-state index is 4.56. The van der Waals surface area contributed by atoms with Crippen molar-refractivity contribution in [3.63, 3.8) is 0 Å². The van der Waals surface area contributed by atoms with Crippen molar-refractivity contribution >= 4 is 12.4 Å². The molecular formula is C34H65N2+. The van der Waals surface area contributed by atoms with E-state index in [1.54, 1.807) is 0 Å². The number of hydrogen-bond donors (Lipinski definition) is 0. The molecule has 2 heteroatoms. The first-order valence-corrected chi connectivity index (χ1v) is 16.8. The maximum atomic E-state index is 4.56. The summed E-state index contributed by atoms with van der Waals surface area (Å²) in [5, 5.41) is 0. The second kappa shape index (κ2) is 27.3. The molecule has 0 bridgehead atoms. The summed E-state index contributed by atoms with van der Waals surface area (Å²) in [6, 6.07) is 0. The van der Waals surface area contributed by atoms with Gasteiger partial charge in [0, 0.05) is 0 Å². The lowest BCUT2D eigenvalue weighted by atomic mass is 9.92. The van der Waals surface area contributed by atoms with Gasteiger partial charge in [0.25, 0.3) is 0 Å². The molecule has 0 saturated carbocycles. The second-order valence-electron chi connectivity index (χ2n) is 11.7. The zero-order valence-corrected chi connectivity index (χ0v) is 24.9. The predicted octanol–water partition coefficient (Wildman–Crippen LogP) is 12.2. The van der Waals surface area contributed by atoms with Crippen LogP contribution in [0.3, 0.4) is 0 Å². The van der Waals surface area contributed by atoms with Crippen molar-refractivity contribution < 1.29 is 0 Å². The summed E-state index contributed by atoms with van der Waals surface area (Å²) in [5.74, 6) is 0.598. The highest BCUT2D eigenvalue weighted by molar-refractivity contribution is 6.18. The molecule has 0 N–H and O–H groups in total. The first-order valence-electron chi connectivity index (χ1n) is 16.8. The van der Waals surface area contributed by atoms with Crippen LogP contribution in [0.5, 0.6) is 0 Å². The lowest BCUT2D eigenvalue weighted by Gasteiger charge is -2.14. The van der Waals surface area contributed by atoms with Gasteiger partial charge >= 0.3 is 0 Å². The van der Waals surface area contributed by atoms with Crippen LogP contribution in [0.1, 0.15) is 194 Å². The Hall–Kier alpha value is -0.790. The Morgan fingerprint density at radius 1 is 0.389 bits per heavy atom. The molecule has 2 nitrogen and oxygen atoms in total. The van der Waals surface area contributed by atoms with Crippen LogP contribution in [0.15, 0.2) is 9.98 Å². The van der Waals surface area contributed by atoms with Gasteiger partial charge < -0.3 is 0 Å². The van der Waals surface area contributed by atoms with E-state index in [4.69, 9.17) is 0 Å². The molecule has 210 valence electrons. The fourth-order valence-electron chi connectivity index (χ4n) is 5.68. The number of rotatable bonds is 29. The number of unbranched alkanes of at least 4 members (excludes halogenated alkanes) is 24. The maximum Gasteiger partial charge on any atom is 0.243 e. The summed E-state index contributed by atoms with van der Waals surface area (Å²) in [6.07, 6.45) is 44.7. The summed E-state index contributed by atoms with van der Waals surface area (Å²) < 4.78 is 0. The quantitative estimate of drug-likeness (QED) is 0.0719. The topological polar surface area (TPSA) is 24.7 Å². The van der Waals surface area contributed by atoms with Crippen LogP contribution in [0.25, 0.3) is 0 Å². The molecule has 1 aliphatic rings. The van der Waals surface area contributed by atoms with E-state index in [9.17, 15) is 0 Å². The SMILES string of the molecule is CCCCCCCCCCCCCCCCCC(CCCCCCCCCCCCC)[C+]1N=CC=N1. The van der Waals surface area contributed by atoms with Gasteiger partial charge in [0.05, 0.1) is 5.92 Å². The molecule has 0 spiro atoms. The molecule has 0 fully saturated rings. The van der Waals surface area contributed by atoms with Crippen LogP contribution in [0.4, 0.5) is 0 Å². The fraction of sp³-hybridized carbons (Fsp3) is 0.912. The van der Waals surface area contributed by atoms with Crippen molar-refractivity contribution in [2.45, 2.75) is 194 Å². The van der Waals surface area contributed by atoms with Crippen LogP contribution < -0.4 is 0 Å². The largest absolute Gasteiger partial charge is 0.243 e. The third kappa shape index (κ3) is 21.3. The first kappa shape index (κ1) is 33.2. The summed E-state index contributed by atoms with van der Waals surface area (Å²) in [7, 11) is 0. The Morgan fingerprint density at radius 2 is 0.639 bits per heavy atom. The van der Waals surface area contributed by atoms with E-state index in [-0.39, 0.29) is 0 Å². The first-order chi connectivity index (χ1) is 17.9. The van der Waals surface area contributed by atoms with Gasteiger partial charge in [0.15, 0.2) is 12.4 Å². The Kier molecular flexibility index (Phi) is 25.2. The average molecular weight is 502 g/mol. The molecule has 1 aliphatic heterocycles. The zero-order chi connectivity index (χ0) is 25.8. The predicted molar refractivity (Wildman–Crippen MR) is 164 cm³/mol. The standard InChI is InChI=1S/C34H65N2/c1-3-5-7-9-11-13-15-16-17-18-20-22-24-26-28-30-33(34-35-31-32-36-34)29-27-25-23-21-19-14-12-10-8-6-4-2/h31-33H,3-30H2,1-2H3/q+1. The van der Waals surface area contributed by atoms with Crippen molar-refractivity contribution in [3.8, 4) is 0 Å². The minimum atomic E-state index is 0.598. The minimum Gasteiger partial charge on any atom is -0.0965 e. The van der Waals surface area contributed by atoms with E-state index in [1.165, 1.54) is 180 Å². The lowest BCUT2D eigenvalue weighted by molar-refractivity contribution is 0.409. The molecule has 0 saturated heterocycles. The molecule has 36 heavy (non-hydrogen) atoms. The highest BCUT2D eigenvalue weighted by Crippen LogP contribution is 2.30. The summed E-state index contributed by atoms with van der Waals surface area (Å²) >= 11 is 0. The van der Waals surface area contributed by atoms with Crippen LogP contribution in [-0.2, 0) is 0 Å². The van der Waals surface area contributed by atoms with Crippen molar-refractivity contribution in [3.05, 3.63) is 6.17 Å². The van der Waals surface area contributed by atoms with E-state index in [2.05, 4.69) is 23.8 Å². The van der Waals surface area contributed by atoms with Crippen molar-refractivity contribution in [2.24, 2.45) is 15.9 Å². The van der Waals surface area contributed by atoms with E-state index in [1.807, 2.05) is 12.4 Å². The minimum absolute atomic E-state index is 0.598. The third-order valence-electron chi connectivity index (χ3n) is 8.16. The molecule has 0 aromatic heterocycles. The number of hydrogen-bond acceptors (Lipinski definition) is 2. The summed E-state index contributed by atoms with van der Waals surface area (Å²) in [4.78, 5) is 9.13. The Labute approximate surface area is 228 Å². The van der Waals surface area contributed by atoms with E-state index >= 15 is 0 Å². The normalized spacial score (nSPS) is 13.8. The van der Waals surface area contributed by atoms with E-state index in [0.717, 1.165) is 6.17 Å². The van der Waals surface area contributed by atoms with Crippen LogP contribution in [0, 0.1) is 12.1 Å². The zero-order valence-electron chi connectivity index (χ0n) is 24.9. The van der Waals surface area contributed by atoms with E-state index in [0.29, 0.717) is 5.92 Å². The number of nitrogens with zero attached hydrogens (tertiary/aromatic N) is 2. The molecule has 0 radical (unpaired) electrons. The molecule has 1 heterocycles. The molecule has 1 unspecified atom stereocenters. The smallest absolute Gasteiger partial charge is 0.0965 e. The monoisotopic (exact) mass is 502 g/mol. The van der Waals surface area contributed by atoms with Gasteiger partial charge in [-0.25, -0.2) is 0 Å². The third-order valence-corrected chi connectivity index (χ3v) is 8.16. The van der Waals surface area contributed by atoms with Gasteiger partial charge in [-0.1, -0.05) is 191 Å². The average Bonchev–Trinajstić information content (AvgIpc) is 3.43. The summed E-state index contributed by atoms with van der Waals surface area (Å²) in [6.45, 7) is 4.60. The molecule has 0 aliphatic carbocycles. The Morgan fingerprint density at radius 3 is 0.917 bits per heavy atom. The highest BCUT2D eigenvalue weighted by Gasteiger charge is 2.27. The molecule has 0 amide bonds. The van der Waals surface area contributed by atoms with Gasteiger partial charge in [-0.2, -0.15) is 0 Å². The molecule has 1 rings (SSSR count). The number of aliphatic imine (C=N–C) groups is 2. The summed E-state index contributed by atoms with van der Waals surface area (Å²) in [5.41, 5.74) is 0. The second-order valence-corrected chi connectivity index (χ2v) is 11.7. The van der Waals surface area contributed by atoms with Crippen LogP contribution in [-0.4, -0.2) is 12.4 Å². The molecule has 0 aromatic carbocycles. The van der Waals surface area contributed by atoms with Gasteiger partial charge in [0.1, 0.15) is 0 Å². The fourth-order valence-corrected chi connectivity index (χ4v) is 5.68. The van der Waals surface area contributed by atoms with Gasteiger partial charge in [0.2, 0.25) is 6.17 Å². The van der Waals surface area contributed by atoms with Crippen molar-refractivity contribution in [2.75, 3.05) is 0 Å². The van der Waals surface area contributed by atoms with Gasteiger partial charge in [-0.3, -0.25) is 0 Å². The molecule has 0 aromatic rings. The lowest BCUT2D eigenvalue weighted by Crippen LogP contribution is -2.08. The highest BCUT2D eigenvalue weighted by atomic mass is 15.0. The Balaban J connectivity index is 1.93. The Bertz CT molecular complexity index is 472.